The van der Waals surface area contributed by atoms with E-state index in [0.717, 1.165) is 57.7 Å². The van der Waals surface area contributed by atoms with Crippen LogP contribution in [-0.2, 0) is 6.51 Å². The van der Waals surface area contributed by atoms with Crippen LogP contribution in [0.2, 0.25) is 84.7 Å². The molecule has 7 heteroatoms. The minimum absolute atomic E-state index is 0.0339. The number of fused-ring (bicyclic) bond motifs is 10. The van der Waals surface area contributed by atoms with E-state index < -0.39 is 22.7 Å². The van der Waals surface area contributed by atoms with Gasteiger partial charge in [0.05, 0.1) is 0 Å². The molecule has 47 heavy (non-hydrogen) atoms. The quantitative estimate of drug-likeness (QED) is 0.191. The molecule has 0 radical (unpaired) electrons. The van der Waals surface area contributed by atoms with Gasteiger partial charge in [-0.2, -0.15) is 0 Å². The van der Waals surface area contributed by atoms with E-state index in [9.17, 15) is 0 Å². The summed E-state index contributed by atoms with van der Waals surface area (Å²) in [6, 6.07) is 0. The van der Waals surface area contributed by atoms with E-state index in [0.29, 0.717) is 10.3 Å². The summed E-state index contributed by atoms with van der Waals surface area (Å²) >= 11 is 0. The predicted molar refractivity (Wildman–Crippen MR) is 207 cm³/mol. The van der Waals surface area contributed by atoms with Gasteiger partial charge >= 0.3 is 285 Å². The number of nitrogens with one attached hydrogen (secondary N) is 2. The van der Waals surface area contributed by atoms with Crippen molar-refractivity contribution in [3.05, 3.63) is 0 Å². The molecule has 1 spiro atoms. The normalized spacial score (nSPS) is 77.0. The first-order valence-electron chi connectivity index (χ1n) is 21.0. The van der Waals surface area contributed by atoms with E-state index >= 15 is 0 Å². The van der Waals surface area contributed by atoms with E-state index in [2.05, 4.69) is 79.9 Å². The average molecular weight is 751 g/mol. The van der Waals surface area contributed by atoms with Crippen LogP contribution in [0.4, 0.5) is 0 Å². The zero-order valence-electron chi connectivity index (χ0n) is 31.4. The van der Waals surface area contributed by atoms with Crippen molar-refractivity contribution in [3.63, 3.8) is 0 Å². The molecule has 12 heterocycles. The molecule has 16 rings (SSSR count). The van der Waals surface area contributed by atoms with Crippen molar-refractivity contribution in [1.82, 2.24) is 10.6 Å². The molecule has 0 aromatic rings. The van der Waals surface area contributed by atoms with Crippen LogP contribution >= 0.6 is 17.2 Å². The van der Waals surface area contributed by atoms with Crippen LogP contribution in [0.15, 0.2) is 0 Å². The first-order chi connectivity index (χ1) is 21.8. The Labute approximate surface area is 283 Å². The summed E-state index contributed by atoms with van der Waals surface area (Å²) in [7, 11) is 1.28. The van der Waals surface area contributed by atoms with E-state index in [1.165, 1.54) is 67.9 Å². The fourth-order valence-corrected chi connectivity index (χ4v) is 180. The van der Waals surface area contributed by atoms with Crippen molar-refractivity contribution in [2.45, 2.75) is 166 Å². The van der Waals surface area contributed by atoms with Crippen molar-refractivity contribution in [1.29, 1.82) is 0 Å². The van der Waals surface area contributed by atoms with Crippen molar-refractivity contribution >= 4 is 33.3 Å². The summed E-state index contributed by atoms with van der Waals surface area (Å²) < 4.78 is 3.79. The molecular weight excluding hydrogens is 682 g/mol. The first kappa shape index (κ1) is 28.2. The van der Waals surface area contributed by atoms with Crippen molar-refractivity contribution in [3.8, 4) is 0 Å². The van der Waals surface area contributed by atoms with Gasteiger partial charge in [-0.1, -0.05) is 0 Å². The molecule has 4 saturated carbocycles. The zero-order chi connectivity index (χ0) is 32.3. The minimum atomic E-state index is -4.27. The van der Waals surface area contributed by atoms with Crippen LogP contribution in [0.3, 0.4) is 0 Å². The van der Waals surface area contributed by atoms with E-state index in [-0.39, 0.29) is 7.92 Å². The molecule has 0 amide bonds. The standard InChI is InChI=1S/C35H63N2P2Si2.C5H5.Fe/c1-34(2,3)39(32-25-15-23-14-24(17-25)18-26(32)16-23)22-29-30(19-31(40(4,5)6)33(29)41(7,8)9)35(38,27-10-12-36-20-27)28-11-13-37-21-28;1-2-4-5-3-1;/h19,23-28,32,36-37H,10-18,20-22,38H2,1-9H3;1-5H;. The molecule has 4 bridgehead atoms. The summed E-state index contributed by atoms with van der Waals surface area (Å²) in [5, 5.41) is 9.19. The van der Waals surface area contributed by atoms with Gasteiger partial charge in [-0.05, 0) is 0 Å². The Morgan fingerprint density at radius 2 is 1.23 bits per heavy atom. The summed E-state index contributed by atoms with van der Waals surface area (Å²) in [5.41, 5.74) is 1.14. The third-order valence-electron chi connectivity index (χ3n) is 27.5. The van der Waals surface area contributed by atoms with Gasteiger partial charge in [0.1, 0.15) is 0 Å². The van der Waals surface area contributed by atoms with Gasteiger partial charge in [-0.25, -0.2) is 0 Å². The van der Waals surface area contributed by atoms with Crippen molar-refractivity contribution < 1.29 is 6.51 Å². The van der Waals surface area contributed by atoms with Gasteiger partial charge in [-0.15, -0.1) is 0 Å². The van der Waals surface area contributed by atoms with E-state index in [1.54, 1.807) is 32.1 Å². The molecule has 16 aliphatic rings. The first-order valence-corrected chi connectivity index (χ1v) is 36.2. The second-order valence-corrected chi connectivity index (χ2v) is 64.9. The Morgan fingerprint density at radius 1 is 0.745 bits per heavy atom. The SMILES string of the molecule is CC(C)(C)P(C[C]12[C]3(C(P)(C4CCNC4)C4CCNC4)[CH]4[C]5([Si](C)(C)C)[C]1([Si](C)(C)C)[Fe]42351678[CH]2[CH]1[CH]6[CH]7[CH]28)C1C2CC3CC(C2)CC1C3. The monoisotopic (exact) mass is 750 g/mol. The van der Waals surface area contributed by atoms with Crippen LogP contribution in [-0.4, -0.2) is 64.5 Å². The maximum absolute atomic E-state index is 4.27. The average Bonchev–Trinajstić information content (AvgIpc) is 3.76. The summed E-state index contributed by atoms with van der Waals surface area (Å²) in [4.78, 5) is 8.30. The maximum atomic E-state index is 4.11. The Bertz CT molecular complexity index is 1970. The topological polar surface area (TPSA) is 24.1 Å². The molecular formula is C40H68FeN2P2Si2. The molecule has 2 nitrogen and oxygen atoms in total. The van der Waals surface area contributed by atoms with Gasteiger partial charge in [0.25, 0.3) is 0 Å². The van der Waals surface area contributed by atoms with Crippen molar-refractivity contribution in [2.24, 2.45) is 35.5 Å². The number of rotatable bonds is 8. The second-order valence-electron chi connectivity index (χ2n) is 26.6. The molecule has 264 valence electrons. The summed E-state index contributed by atoms with van der Waals surface area (Å²) in [6.07, 6.45) is 13.1. The molecule has 2 N–H and O–H groups in total. The van der Waals surface area contributed by atoms with Crippen LogP contribution < -0.4 is 10.6 Å². The van der Waals surface area contributed by atoms with E-state index in [1.807, 2.05) is 6.16 Å². The van der Waals surface area contributed by atoms with Gasteiger partial charge in [0.2, 0.25) is 0 Å². The predicted octanol–water partition coefficient (Wildman–Crippen LogP) is 10.5. The van der Waals surface area contributed by atoms with Crippen LogP contribution in [0.1, 0.15) is 65.7 Å². The molecule has 9 atom stereocenters. The Morgan fingerprint density at radius 3 is 1.60 bits per heavy atom. The second kappa shape index (κ2) is 4.59. The van der Waals surface area contributed by atoms with Crippen LogP contribution in [0.25, 0.3) is 0 Å². The Kier molecular flexibility index (Phi) is 2.75. The Hall–Kier alpha value is 1.73. The summed E-state index contributed by atoms with van der Waals surface area (Å²) in [6.45, 7) is 27.8. The fourth-order valence-electron chi connectivity index (χ4n) is 32.5. The molecule has 12 aliphatic heterocycles. The van der Waals surface area contributed by atoms with Crippen LogP contribution in [0, 0.1) is 35.5 Å². The summed E-state index contributed by atoms with van der Waals surface area (Å²) in [5.74, 6) is 6.36. The number of hydrogen-bond donors (Lipinski definition) is 2. The molecule has 9 unspecified atom stereocenters. The van der Waals surface area contributed by atoms with Crippen LogP contribution in [0.5, 0.6) is 0 Å². The molecule has 0 aromatic carbocycles. The molecule has 0 aromatic heterocycles. The Balaban J connectivity index is 1.05. The van der Waals surface area contributed by atoms with Crippen molar-refractivity contribution in [2.75, 3.05) is 32.3 Å². The third-order valence-corrected chi connectivity index (χ3v) is 96.4. The van der Waals surface area contributed by atoms with Gasteiger partial charge in [0.15, 0.2) is 0 Å². The molecule has 4 aliphatic carbocycles. The third kappa shape index (κ3) is 0.802. The molecule has 16 fully saturated rings. The van der Waals surface area contributed by atoms with Gasteiger partial charge < -0.3 is 0 Å². The number of hydrogen-bond acceptors (Lipinski definition) is 2. The zero-order valence-corrected chi connectivity index (χ0v) is 36.5. The van der Waals surface area contributed by atoms with E-state index in [4.69, 9.17) is 0 Å². The molecule has 12 saturated heterocycles. The van der Waals surface area contributed by atoms with Gasteiger partial charge in [-0.3, -0.25) is 0 Å². The fraction of sp³-hybridized carbons (Fsp3) is 1.00. The van der Waals surface area contributed by atoms with Gasteiger partial charge in [0, 0.05) is 0 Å².